The van der Waals surface area contributed by atoms with Crippen LogP contribution in [0.2, 0.25) is 0 Å². The Labute approximate surface area is 184 Å². The molecule has 0 aliphatic carbocycles. The first-order chi connectivity index (χ1) is 15.1. The lowest BCUT2D eigenvalue weighted by molar-refractivity contribution is -0.118. The molecule has 0 saturated carbocycles. The van der Waals surface area contributed by atoms with E-state index in [0.29, 0.717) is 13.0 Å². The number of hydrogen-bond donors (Lipinski definition) is 0. The molecule has 3 aromatic rings. The van der Waals surface area contributed by atoms with Crippen molar-refractivity contribution in [2.45, 2.75) is 39.8 Å². The number of carbonyl (C=O) groups is 1. The molecule has 0 radical (unpaired) electrons. The lowest BCUT2D eigenvalue weighted by atomic mass is 10.1. The topological polar surface area (TPSA) is 35.9 Å². The first kappa shape index (κ1) is 20.9. The van der Waals surface area contributed by atoms with Crippen LogP contribution < -0.4 is 4.90 Å². The molecule has 3 aromatic carbocycles. The maximum atomic E-state index is 13.6. The van der Waals surface area contributed by atoms with Crippen molar-refractivity contribution in [3.05, 3.63) is 101 Å². The van der Waals surface area contributed by atoms with E-state index >= 15 is 0 Å². The average Bonchev–Trinajstić information content (AvgIpc) is 3.09. The van der Waals surface area contributed by atoms with Gasteiger partial charge in [-0.15, -0.1) is 0 Å². The zero-order valence-corrected chi connectivity index (χ0v) is 18.5. The number of amides is 1. The van der Waals surface area contributed by atoms with Gasteiger partial charge in [-0.25, -0.2) is 9.89 Å². The van der Waals surface area contributed by atoms with Crippen LogP contribution in [0.5, 0.6) is 0 Å². The van der Waals surface area contributed by atoms with E-state index in [1.54, 1.807) is 0 Å². The van der Waals surface area contributed by atoms with Gasteiger partial charge < -0.3 is 4.90 Å². The van der Waals surface area contributed by atoms with Crippen LogP contribution in [0.1, 0.15) is 29.2 Å². The lowest BCUT2D eigenvalue weighted by Gasteiger charge is -2.30. The third-order valence-corrected chi connectivity index (χ3v) is 5.72. The quantitative estimate of drug-likeness (QED) is 0.563. The molecule has 1 aliphatic heterocycles. The Kier molecular flexibility index (Phi) is 6.17. The Morgan fingerprint density at radius 3 is 2.16 bits per heavy atom. The Bertz CT molecular complexity index is 1080. The molecule has 0 spiro atoms. The molecule has 31 heavy (non-hydrogen) atoms. The lowest BCUT2D eigenvalue weighted by Crippen LogP contribution is -2.45. The molecule has 4 nitrogen and oxygen atoms in total. The van der Waals surface area contributed by atoms with Crippen molar-refractivity contribution in [2.24, 2.45) is 4.99 Å². The molecule has 0 N–H and O–H groups in total. The predicted octanol–water partition coefficient (Wildman–Crippen LogP) is 5.14. The minimum absolute atomic E-state index is 0.0392. The molecule has 1 aliphatic rings. The summed E-state index contributed by atoms with van der Waals surface area (Å²) in [5.41, 5.74) is 5.50. The minimum Gasteiger partial charge on any atom is -0.338 e. The van der Waals surface area contributed by atoms with Gasteiger partial charge in [-0.1, -0.05) is 78.4 Å². The molecule has 0 fully saturated rings. The SMILES string of the molecule is CCN(Cc1ccccc1)C1=NC(Cc2ccccc2)C(=O)N1c1ccc(C)cc1C. The first-order valence-electron chi connectivity index (χ1n) is 10.9. The fourth-order valence-corrected chi connectivity index (χ4v) is 4.10. The van der Waals surface area contributed by atoms with Crippen LogP contribution in [0.4, 0.5) is 5.69 Å². The molecular weight excluding hydrogens is 382 g/mol. The fourth-order valence-electron chi connectivity index (χ4n) is 4.10. The highest BCUT2D eigenvalue weighted by Crippen LogP contribution is 2.29. The Balaban J connectivity index is 1.71. The second-order valence-corrected chi connectivity index (χ2v) is 8.10. The van der Waals surface area contributed by atoms with Crippen molar-refractivity contribution in [1.82, 2.24) is 4.90 Å². The molecular formula is C27H29N3O. The summed E-state index contributed by atoms with van der Waals surface area (Å²) in [6.45, 7) is 7.72. The van der Waals surface area contributed by atoms with Gasteiger partial charge in [0.15, 0.2) is 0 Å². The van der Waals surface area contributed by atoms with Gasteiger partial charge in [0.1, 0.15) is 6.04 Å². The Morgan fingerprint density at radius 1 is 0.903 bits per heavy atom. The van der Waals surface area contributed by atoms with Crippen molar-refractivity contribution >= 4 is 17.6 Å². The molecule has 4 heteroatoms. The second kappa shape index (κ2) is 9.17. The second-order valence-electron chi connectivity index (χ2n) is 8.10. The number of hydrogen-bond acceptors (Lipinski definition) is 3. The van der Waals surface area contributed by atoms with Crippen LogP contribution in [0, 0.1) is 13.8 Å². The van der Waals surface area contributed by atoms with Crippen molar-refractivity contribution in [2.75, 3.05) is 11.4 Å². The summed E-state index contributed by atoms with van der Waals surface area (Å²) in [6, 6.07) is 26.3. The van der Waals surface area contributed by atoms with Crippen molar-refractivity contribution in [3.8, 4) is 0 Å². The molecule has 0 bridgehead atoms. The van der Waals surface area contributed by atoms with E-state index in [1.807, 2.05) is 47.4 Å². The van der Waals surface area contributed by atoms with E-state index in [2.05, 4.69) is 62.1 Å². The number of anilines is 1. The molecule has 1 atom stereocenters. The number of aryl methyl sites for hydroxylation is 2. The van der Waals surface area contributed by atoms with Crippen molar-refractivity contribution in [1.29, 1.82) is 0 Å². The first-order valence-corrected chi connectivity index (χ1v) is 10.9. The molecule has 1 amide bonds. The van der Waals surface area contributed by atoms with Gasteiger partial charge in [-0.2, -0.15) is 0 Å². The number of nitrogens with zero attached hydrogens (tertiary/aromatic N) is 3. The molecule has 4 rings (SSSR count). The largest absolute Gasteiger partial charge is 0.338 e. The Hall–Kier alpha value is -3.40. The highest BCUT2D eigenvalue weighted by molar-refractivity contribution is 6.22. The number of benzene rings is 3. The van der Waals surface area contributed by atoms with E-state index in [0.717, 1.165) is 29.3 Å². The maximum Gasteiger partial charge on any atom is 0.259 e. The van der Waals surface area contributed by atoms with Gasteiger partial charge in [0.2, 0.25) is 5.96 Å². The number of aliphatic imine (C=N–C) groups is 1. The van der Waals surface area contributed by atoms with Gasteiger partial charge in [0.25, 0.3) is 5.91 Å². The average molecular weight is 412 g/mol. The Morgan fingerprint density at radius 2 is 1.55 bits per heavy atom. The summed E-state index contributed by atoms with van der Waals surface area (Å²) in [4.78, 5) is 22.6. The van der Waals surface area contributed by atoms with Crippen LogP contribution in [0.3, 0.4) is 0 Å². The highest BCUT2D eigenvalue weighted by atomic mass is 16.2. The third-order valence-electron chi connectivity index (χ3n) is 5.72. The molecule has 0 aromatic heterocycles. The number of rotatable bonds is 6. The van der Waals surface area contributed by atoms with E-state index in [1.165, 1.54) is 11.1 Å². The van der Waals surface area contributed by atoms with Crippen LogP contribution in [0.25, 0.3) is 0 Å². The number of carbonyl (C=O) groups excluding carboxylic acids is 1. The zero-order valence-electron chi connectivity index (χ0n) is 18.5. The summed E-state index contributed by atoms with van der Waals surface area (Å²) in [6.07, 6.45) is 0.605. The van der Waals surface area contributed by atoms with Gasteiger partial charge in [-0.05, 0) is 43.5 Å². The van der Waals surface area contributed by atoms with Crippen molar-refractivity contribution in [3.63, 3.8) is 0 Å². The zero-order chi connectivity index (χ0) is 21.8. The molecule has 158 valence electrons. The van der Waals surface area contributed by atoms with Crippen LogP contribution in [0.15, 0.2) is 83.9 Å². The minimum atomic E-state index is -0.414. The van der Waals surface area contributed by atoms with Crippen LogP contribution in [-0.4, -0.2) is 29.4 Å². The van der Waals surface area contributed by atoms with E-state index in [9.17, 15) is 4.79 Å². The van der Waals surface area contributed by atoms with E-state index in [4.69, 9.17) is 4.99 Å². The standard InChI is InChI=1S/C27H29N3O/c1-4-29(19-23-13-9-6-10-14-23)27-28-24(18-22-11-7-5-8-12-22)26(31)30(27)25-16-15-20(2)17-21(25)3/h5-17,24H,4,18-19H2,1-3H3. The summed E-state index contributed by atoms with van der Waals surface area (Å²) < 4.78 is 0. The highest BCUT2D eigenvalue weighted by Gasteiger charge is 2.38. The molecule has 1 unspecified atom stereocenters. The summed E-state index contributed by atoms with van der Waals surface area (Å²) >= 11 is 0. The van der Waals surface area contributed by atoms with Gasteiger partial charge in [-0.3, -0.25) is 4.79 Å². The maximum absolute atomic E-state index is 13.6. The summed E-state index contributed by atoms with van der Waals surface area (Å²) in [5.74, 6) is 0.779. The van der Waals surface area contributed by atoms with Gasteiger partial charge >= 0.3 is 0 Å². The normalized spacial score (nSPS) is 15.8. The fraction of sp³-hybridized carbons (Fsp3) is 0.259. The summed E-state index contributed by atoms with van der Waals surface area (Å²) in [5, 5.41) is 0. The van der Waals surface area contributed by atoms with Crippen molar-refractivity contribution < 1.29 is 4.79 Å². The molecule has 0 saturated heterocycles. The summed E-state index contributed by atoms with van der Waals surface area (Å²) in [7, 11) is 0. The van der Waals surface area contributed by atoms with E-state index < -0.39 is 6.04 Å². The third kappa shape index (κ3) is 4.53. The number of guanidine groups is 1. The van der Waals surface area contributed by atoms with Gasteiger partial charge in [0.05, 0.1) is 5.69 Å². The monoisotopic (exact) mass is 411 g/mol. The van der Waals surface area contributed by atoms with Crippen LogP contribution in [-0.2, 0) is 17.8 Å². The van der Waals surface area contributed by atoms with E-state index in [-0.39, 0.29) is 5.91 Å². The van der Waals surface area contributed by atoms with Gasteiger partial charge in [0, 0.05) is 19.5 Å². The van der Waals surface area contributed by atoms with Crippen LogP contribution >= 0.6 is 0 Å². The smallest absolute Gasteiger partial charge is 0.259 e. The predicted molar refractivity (Wildman–Crippen MR) is 127 cm³/mol. The molecule has 1 heterocycles.